The van der Waals surface area contributed by atoms with E-state index in [1.807, 2.05) is 0 Å². The summed E-state index contributed by atoms with van der Waals surface area (Å²) in [6, 6.07) is 0. The van der Waals surface area contributed by atoms with Gasteiger partial charge in [0.2, 0.25) is 0 Å². The van der Waals surface area contributed by atoms with Crippen molar-refractivity contribution >= 4 is 42.1 Å². The average molecular weight is 282 g/mol. The molecular weight excluding hydrogens is 273 g/mol. The van der Waals surface area contributed by atoms with Crippen LogP contribution in [0.1, 0.15) is 10.5 Å². The Morgan fingerprint density at radius 2 is 2.25 bits per heavy atom. The third-order valence-corrected chi connectivity index (χ3v) is 2.58. The van der Waals surface area contributed by atoms with Crippen LogP contribution in [0.15, 0.2) is 17.9 Å². The van der Waals surface area contributed by atoms with Crippen LogP contribution in [0.5, 0.6) is 0 Å². The predicted molar refractivity (Wildman–Crippen MR) is 65.5 cm³/mol. The smallest absolute Gasteiger partial charge is 0.358 e. The van der Waals surface area contributed by atoms with E-state index >= 15 is 0 Å². The number of thiazole rings is 1. The van der Waals surface area contributed by atoms with Crippen LogP contribution >= 0.6 is 36.2 Å². The van der Waals surface area contributed by atoms with Crippen molar-refractivity contribution in [3.8, 4) is 10.4 Å². The first-order chi connectivity index (χ1) is 6.83. The van der Waals surface area contributed by atoms with E-state index < -0.39 is 5.97 Å². The molecule has 8 heteroatoms. The maximum Gasteiger partial charge on any atom is 0.358 e. The number of nitrogens with one attached hydrogen (secondary N) is 1. The molecule has 2 rings (SSSR count). The zero-order valence-corrected chi connectivity index (χ0v) is 10.6. The molecule has 0 spiro atoms. The van der Waals surface area contributed by atoms with Crippen molar-refractivity contribution in [2.45, 2.75) is 0 Å². The lowest BCUT2D eigenvalue weighted by molar-refractivity contribution is 0.0596. The summed E-state index contributed by atoms with van der Waals surface area (Å²) in [6.07, 6.45) is 3.35. The zero-order valence-electron chi connectivity index (χ0n) is 8.17. The quantitative estimate of drug-likeness (QED) is 0.857. The molecule has 0 saturated carbocycles. The molecule has 88 valence electrons. The van der Waals surface area contributed by atoms with Crippen LogP contribution in [0, 0.1) is 0 Å². The minimum absolute atomic E-state index is 0. The van der Waals surface area contributed by atoms with Gasteiger partial charge in [-0.05, 0) is 0 Å². The molecule has 0 aliphatic heterocycles. The number of hydrogen-bond acceptors (Lipinski definition) is 5. The van der Waals surface area contributed by atoms with Crippen molar-refractivity contribution in [1.82, 2.24) is 15.2 Å². The monoisotopic (exact) mass is 281 g/mol. The van der Waals surface area contributed by atoms with Crippen molar-refractivity contribution < 1.29 is 9.53 Å². The maximum absolute atomic E-state index is 11.3. The van der Waals surface area contributed by atoms with Gasteiger partial charge >= 0.3 is 5.97 Å². The summed E-state index contributed by atoms with van der Waals surface area (Å²) in [5.74, 6) is -0.428. The lowest BCUT2D eigenvalue weighted by atomic mass is 10.2. The lowest BCUT2D eigenvalue weighted by Gasteiger charge is -1.96. The van der Waals surface area contributed by atoms with Gasteiger partial charge in [-0.25, -0.2) is 9.78 Å². The summed E-state index contributed by atoms with van der Waals surface area (Å²) in [5.41, 5.74) is 2.78. The second-order valence-electron chi connectivity index (χ2n) is 2.51. The van der Waals surface area contributed by atoms with Crippen molar-refractivity contribution in [3.05, 3.63) is 23.6 Å². The number of nitrogens with zero attached hydrogens (tertiary/aromatic N) is 2. The van der Waals surface area contributed by atoms with E-state index in [9.17, 15) is 4.79 Å². The fraction of sp³-hybridized carbons (Fsp3) is 0.125. The van der Waals surface area contributed by atoms with Gasteiger partial charge in [0.25, 0.3) is 0 Å². The number of carbonyl (C=O) groups is 1. The van der Waals surface area contributed by atoms with E-state index in [1.54, 1.807) is 17.9 Å². The van der Waals surface area contributed by atoms with Crippen LogP contribution in [-0.2, 0) is 4.74 Å². The number of aromatic amines is 1. The summed E-state index contributed by atoms with van der Waals surface area (Å²) in [6.45, 7) is 0. The molecule has 2 heterocycles. The number of H-pyrrole nitrogens is 1. The zero-order chi connectivity index (χ0) is 9.97. The number of ether oxygens (including phenoxy) is 1. The van der Waals surface area contributed by atoms with Crippen LogP contribution in [0.25, 0.3) is 10.4 Å². The summed E-state index contributed by atoms with van der Waals surface area (Å²) in [7, 11) is 1.33. The molecule has 2 aromatic heterocycles. The van der Waals surface area contributed by atoms with Crippen molar-refractivity contribution in [2.75, 3.05) is 7.11 Å². The highest BCUT2D eigenvalue weighted by Crippen LogP contribution is 2.26. The highest BCUT2D eigenvalue weighted by atomic mass is 35.5. The predicted octanol–water partition coefficient (Wildman–Crippen LogP) is 2.16. The molecule has 0 saturated heterocycles. The molecule has 0 aromatic carbocycles. The summed E-state index contributed by atoms with van der Waals surface area (Å²) in [5, 5.41) is 6.49. The van der Waals surface area contributed by atoms with Gasteiger partial charge in [0.1, 0.15) is 0 Å². The fourth-order valence-electron chi connectivity index (χ4n) is 1.07. The molecule has 0 fully saturated rings. The Kier molecular flexibility index (Phi) is 6.02. The molecule has 0 amide bonds. The Morgan fingerprint density at radius 1 is 1.50 bits per heavy atom. The average Bonchev–Trinajstić information content (AvgIpc) is 2.85. The lowest BCUT2D eigenvalue weighted by Crippen LogP contribution is -2.02. The van der Waals surface area contributed by atoms with E-state index in [2.05, 4.69) is 19.9 Å². The van der Waals surface area contributed by atoms with Crippen LogP contribution in [0.2, 0.25) is 0 Å². The molecule has 0 unspecified atom stereocenters. The van der Waals surface area contributed by atoms with Gasteiger partial charge in [-0.3, -0.25) is 5.10 Å². The van der Waals surface area contributed by atoms with Gasteiger partial charge in [-0.2, -0.15) is 5.10 Å². The summed E-state index contributed by atoms with van der Waals surface area (Å²) >= 11 is 1.38. The van der Waals surface area contributed by atoms with E-state index in [1.165, 1.54) is 18.4 Å². The number of esters is 1. The molecule has 0 aliphatic carbocycles. The molecular formula is C8H9Cl2N3O2S. The number of aromatic nitrogens is 3. The minimum Gasteiger partial charge on any atom is -0.464 e. The van der Waals surface area contributed by atoms with Gasteiger partial charge in [-0.15, -0.1) is 36.2 Å². The molecule has 0 radical (unpaired) electrons. The SMILES string of the molecule is COC(=O)c1ncsc1-c1cn[nH]c1.Cl.Cl. The first-order valence-corrected chi connectivity index (χ1v) is 4.72. The first-order valence-electron chi connectivity index (χ1n) is 3.84. The standard InChI is InChI=1S/C8H7N3O2S.2ClH/c1-13-8(12)6-7(14-4-9-6)5-2-10-11-3-5;;/h2-4H,1H3,(H,10,11);2*1H. The van der Waals surface area contributed by atoms with Gasteiger partial charge in [-0.1, -0.05) is 0 Å². The Morgan fingerprint density at radius 3 is 2.81 bits per heavy atom. The van der Waals surface area contributed by atoms with E-state index in [-0.39, 0.29) is 24.8 Å². The van der Waals surface area contributed by atoms with Crippen LogP contribution < -0.4 is 0 Å². The highest BCUT2D eigenvalue weighted by molar-refractivity contribution is 7.13. The molecule has 0 bridgehead atoms. The third-order valence-electron chi connectivity index (χ3n) is 1.71. The van der Waals surface area contributed by atoms with Crippen molar-refractivity contribution in [1.29, 1.82) is 0 Å². The maximum atomic E-state index is 11.3. The van der Waals surface area contributed by atoms with Crippen LogP contribution in [0.3, 0.4) is 0 Å². The molecule has 16 heavy (non-hydrogen) atoms. The minimum atomic E-state index is -0.428. The normalized spacial score (nSPS) is 8.81. The largest absolute Gasteiger partial charge is 0.464 e. The topological polar surface area (TPSA) is 67.9 Å². The molecule has 2 aromatic rings. The molecule has 0 atom stereocenters. The third kappa shape index (κ3) is 2.72. The number of methoxy groups -OCH3 is 1. The number of rotatable bonds is 2. The second-order valence-corrected chi connectivity index (χ2v) is 3.36. The van der Waals surface area contributed by atoms with Crippen molar-refractivity contribution in [2.24, 2.45) is 0 Å². The van der Waals surface area contributed by atoms with Gasteiger partial charge in [0.15, 0.2) is 5.69 Å². The number of carbonyl (C=O) groups excluding carboxylic acids is 1. The van der Waals surface area contributed by atoms with Gasteiger partial charge in [0.05, 0.1) is 23.7 Å². The number of halogens is 2. The van der Waals surface area contributed by atoms with E-state index in [0.29, 0.717) is 5.69 Å². The van der Waals surface area contributed by atoms with Crippen LogP contribution in [-0.4, -0.2) is 28.3 Å². The second kappa shape index (κ2) is 6.47. The molecule has 5 nitrogen and oxygen atoms in total. The Labute approximate surface area is 108 Å². The highest BCUT2D eigenvalue weighted by Gasteiger charge is 2.16. The number of hydrogen-bond donors (Lipinski definition) is 1. The van der Waals surface area contributed by atoms with Gasteiger partial charge < -0.3 is 4.74 Å². The summed E-state index contributed by atoms with van der Waals surface area (Å²) in [4.78, 5) is 16.0. The first kappa shape index (κ1) is 14.9. The van der Waals surface area contributed by atoms with E-state index in [0.717, 1.165) is 10.4 Å². The molecule has 1 N–H and O–H groups in total. The Hall–Kier alpha value is -1.11. The van der Waals surface area contributed by atoms with E-state index in [4.69, 9.17) is 0 Å². The molecule has 0 aliphatic rings. The van der Waals surface area contributed by atoms with Crippen molar-refractivity contribution in [3.63, 3.8) is 0 Å². The van der Waals surface area contributed by atoms with Gasteiger partial charge in [0, 0.05) is 11.8 Å². The fourth-order valence-corrected chi connectivity index (χ4v) is 1.83. The Balaban J connectivity index is 0.00000112. The Bertz CT molecular complexity index is 444. The summed E-state index contributed by atoms with van der Waals surface area (Å²) < 4.78 is 4.61. The van der Waals surface area contributed by atoms with Crippen LogP contribution in [0.4, 0.5) is 0 Å².